The lowest BCUT2D eigenvalue weighted by Crippen LogP contribution is -2.14. The van der Waals surface area contributed by atoms with Crippen molar-refractivity contribution < 1.29 is 9.47 Å². The number of methoxy groups -OCH3 is 2. The van der Waals surface area contributed by atoms with Crippen molar-refractivity contribution in [3.8, 4) is 11.5 Å². The van der Waals surface area contributed by atoms with E-state index in [2.05, 4.69) is 35.6 Å². The molecule has 0 radical (unpaired) electrons. The number of anilines is 1. The summed E-state index contributed by atoms with van der Waals surface area (Å²) in [5.74, 6) is 1.70. The van der Waals surface area contributed by atoms with E-state index in [-0.39, 0.29) is 6.04 Å². The minimum absolute atomic E-state index is 0.125. The van der Waals surface area contributed by atoms with E-state index in [9.17, 15) is 0 Å². The van der Waals surface area contributed by atoms with E-state index < -0.39 is 0 Å². The van der Waals surface area contributed by atoms with Crippen LogP contribution in [0.3, 0.4) is 0 Å². The number of hydrogen-bond acceptors (Lipinski definition) is 4. The number of ether oxygens (including phenoxy) is 2. The number of fused-ring (bicyclic) bond motifs is 1. The van der Waals surface area contributed by atoms with Crippen LogP contribution in [-0.2, 0) is 0 Å². The first kappa shape index (κ1) is 17.2. The van der Waals surface area contributed by atoms with Gasteiger partial charge in [0.2, 0.25) is 0 Å². The average Bonchev–Trinajstić information content (AvgIpc) is 2.93. The van der Waals surface area contributed by atoms with Crippen LogP contribution in [0.25, 0.3) is 0 Å². The van der Waals surface area contributed by atoms with Gasteiger partial charge >= 0.3 is 0 Å². The van der Waals surface area contributed by atoms with Crippen LogP contribution in [-0.4, -0.2) is 19.9 Å². The fourth-order valence-corrected chi connectivity index (χ4v) is 3.32. The largest absolute Gasteiger partial charge is 0.497 e. The number of benzene rings is 3. The molecule has 1 aliphatic heterocycles. The molecule has 1 N–H and O–H groups in total. The summed E-state index contributed by atoms with van der Waals surface area (Å²) < 4.78 is 10.6. The maximum Gasteiger partial charge on any atom is 0.118 e. The molecule has 0 fully saturated rings. The molecule has 136 valence electrons. The van der Waals surface area contributed by atoms with Crippen molar-refractivity contribution in [2.24, 2.45) is 4.99 Å². The molecule has 3 aromatic carbocycles. The van der Waals surface area contributed by atoms with Gasteiger partial charge in [0.1, 0.15) is 11.5 Å². The van der Waals surface area contributed by atoms with Crippen molar-refractivity contribution in [3.05, 3.63) is 83.9 Å². The van der Waals surface area contributed by atoms with Crippen LogP contribution >= 0.6 is 0 Å². The van der Waals surface area contributed by atoms with E-state index >= 15 is 0 Å². The Morgan fingerprint density at radius 2 is 1.44 bits per heavy atom. The van der Waals surface area contributed by atoms with Gasteiger partial charge < -0.3 is 14.8 Å². The van der Waals surface area contributed by atoms with Gasteiger partial charge in [-0.2, -0.15) is 0 Å². The van der Waals surface area contributed by atoms with Crippen molar-refractivity contribution in [1.82, 2.24) is 0 Å². The number of hydrogen-bond donors (Lipinski definition) is 1. The predicted molar refractivity (Wildman–Crippen MR) is 110 cm³/mol. The van der Waals surface area contributed by atoms with Crippen molar-refractivity contribution in [1.29, 1.82) is 0 Å². The smallest absolute Gasteiger partial charge is 0.118 e. The molecular weight excluding hydrogens is 336 g/mol. The maximum atomic E-state index is 5.29. The summed E-state index contributed by atoms with van der Waals surface area (Å²) >= 11 is 0. The van der Waals surface area contributed by atoms with E-state index in [1.54, 1.807) is 14.2 Å². The Bertz CT molecular complexity index is 947. The molecular formula is C23H22N2O2. The summed E-state index contributed by atoms with van der Waals surface area (Å²) in [5.41, 5.74) is 5.36. The van der Waals surface area contributed by atoms with Gasteiger partial charge in [-0.05, 0) is 59.7 Å². The zero-order valence-electron chi connectivity index (χ0n) is 15.5. The van der Waals surface area contributed by atoms with Crippen molar-refractivity contribution in [2.45, 2.75) is 12.5 Å². The third-order valence-corrected chi connectivity index (χ3v) is 4.83. The van der Waals surface area contributed by atoms with E-state index in [0.717, 1.165) is 40.6 Å². The van der Waals surface area contributed by atoms with Gasteiger partial charge in [-0.15, -0.1) is 0 Å². The zero-order chi connectivity index (χ0) is 18.6. The molecule has 0 bridgehead atoms. The summed E-state index contributed by atoms with van der Waals surface area (Å²) in [5, 5.41) is 3.66. The van der Waals surface area contributed by atoms with E-state index in [1.807, 2.05) is 42.5 Å². The number of aliphatic imine (C=N–C) groups is 1. The molecule has 0 spiro atoms. The monoisotopic (exact) mass is 358 g/mol. The number of nitrogens with one attached hydrogen (secondary N) is 1. The lowest BCUT2D eigenvalue weighted by molar-refractivity contribution is 0.414. The summed E-state index contributed by atoms with van der Waals surface area (Å²) in [4.78, 5) is 4.96. The van der Waals surface area contributed by atoms with Crippen LogP contribution in [0.4, 0.5) is 11.4 Å². The van der Waals surface area contributed by atoms with Gasteiger partial charge in [-0.1, -0.05) is 24.3 Å². The Morgan fingerprint density at radius 1 is 0.815 bits per heavy atom. The summed E-state index contributed by atoms with van der Waals surface area (Å²) in [6, 6.07) is 24.6. The molecule has 3 aromatic rings. The van der Waals surface area contributed by atoms with Gasteiger partial charge in [0.05, 0.1) is 37.3 Å². The third kappa shape index (κ3) is 3.65. The number of nitrogens with zero attached hydrogens (tertiary/aromatic N) is 1. The second-order valence-electron chi connectivity index (χ2n) is 6.48. The molecule has 27 heavy (non-hydrogen) atoms. The summed E-state index contributed by atoms with van der Waals surface area (Å²) in [6.45, 7) is 0. The predicted octanol–water partition coefficient (Wildman–Crippen LogP) is 5.38. The molecule has 4 rings (SSSR count). The normalized spacial score (nSPS) is 15.8. The molecule has 0 saturated heterocycles. The van der Waals surface area contributed by atoms with Crippen LogP contribution < -0.4 is 14.8 Å². The van der Waals surface area contributed by atoms with Gasteiger partial charge in [-0.25, -0.2) is 0 Å². The van der Waals surface area contributed by atoms with Crippen LogP contribution in [0, 0.1) is 0 Å². The lowest BCUT2D eigenvalue weighted by atomic mass is 9.97. The fraction of sp³-hybridized carbons (Fsp3) is 0.174. The Kier molecular flexibility index (Phi) is 4.79. The second-order valence-corrected chi connectivity index (χ2v) is 6.48. The second kappa shape index (κ2) is 7.54. The molecule has 1 atom stereocenters. The summed E-state index contributed by atoms with van der Waals surface area (Å²) in [7, 11) is 3.36. The van der Waals surface area contributed by atoms with Crippen LogP contribution in [0.1, 0.15) is 23.6 Å². The lowest BCUT2D eigenvalue weighted by Gasteiger charge is -2.19. The fourth-order valence-electron chi connectivity index (χ4n) is 3.32. The Balaban J connectivity index is 1.73. The molecule has 1 heterocycles. The van der Waals surface area contributed by atoms with Crippen molar-refractivity contribution in [2.75, 3.05) is 19.5 Å². The number of rotatable bonds is 4. The Labute approximate surface area is 159 Å². The molecule has 4 nitrogen and oxygen atoms in total. The zero-order valence-corrected chi connectivity index (χ0v) is 15.5. The van der Waals surface area contributed by atoms with Crippen LogP contribution in [0.2, 0.25) is 0 Å². The van der Waals surface area contributed by atoms with Crippen molar-refractivity contribution >= 4 is 17.1 Å². The van der Waals surface area contributed by atoms with Crippen LogP contribution in [0.5, 0.6) is 11.5 Å². The SMILES string of the molecule is COc1ccc(C2=Nc3ccccc3NC(c3ccc(OC)cc3)C2)cc1. The van der Waals surface area contributed by atoms with Gasteiger partial charge in [0, 0.05) is 6.42 Å². The highest BCUT2D eigenvalue weighted by atomic mass is 16.5. The Hall–Kier alpha value is -3.27. The highest BCUT2D eigenvalue weighted by Crippen LogP contribution is 2.35. The molecule has 0 amide bonds. The Morgan fingerprint density at radius 3 is 2.11 bits per heavy atom. The highest BCUT2D eigenvalue weighted by Gasteiger charge is 2.21. The topological polar surface area (TPSA) is 42.8 Å². The van der Waals surface area contributed by atoms with E-state index in [1.165, 1.54) is 5.56 Å². The molecule has 4 heteroatoms. The maximum absolute atomic E-state index is 5.29. The summed E-state index contributed by atoms with van der Waals surface area (Å²) in [6.07, 6.45) is 0.785. The number of para-hydroxylation sites is 2. The minimum Gasteiger partial charge on any atom is -0.497 e. The molecule has 1 aliphatic rings. The first-order chi connectivity index (χ1) is 13.3. The first-order valence-corrected chi connectivity index (χ1v) is 8.98. The van der Waals surface area contributed by atoms with E-state index in [0.29, 0.717) is 0 Å². The van der Waals surface area contributed by atoms with E-state index in [4.69, 9.17) is 14.5 Å². The quantitative estimate of drug-likeness (QED) is 0.681. The van der Waals surface area contributed by atoms with Gasteiger partial charge in [0.25, 0.3) is 0 Å². The average molecular weight is 358 g/mol. The highest BCUT2D eigenvalue weighted by molar-refractivity contribution is 6.04. The van der Waals surface area contributed by atoms with Gasteiger partial charge in [0.15, 0.2) is 0 Å². The molecule has 0 aromatic heterocycles. The minimum atomic E-state index is 0.125. The van der Waals surface area contributed by atoms with Gasteiger partial charge in [-0.3, -0.25) is 4.99 Å². The van der Waals surface area contributed by atoms with Crippen molar-refractivity contribution in [3.63, 3.8) is 0 Å². The molecule has 1 unspecified atom stereocenters. The third-order valence-electron chi connectivity index (χ3n) is 4.83. The molecule has 0 aliphatic carbocycles. The molecule has 0 saturated carbocycles. The standard InChI is InChI=1S/C23H22N2O2/c1-26-18-11-7-16(8-12-18)22-15-23(17-9-13-19(27-2)14-10-17)25-21-6-4-3-5-20(21)24-22/h3-14,22,24H,15H2,1-2H3. The van der Waals surface area contributed by atoms with Crippen LogP contribution in [0.15, 0.2) is 77.8 Å². The first-order valence-electron chi connectivity index (χ1n) is 8.98.